The van der Waals surface area contributed by atoms with Crippen LogP contribution in [0.2, 0.25) is 0 Å². The highest BCUT2D eigenvalue weighted by Gasteiger charge is 2.40. The lowest BCUT2D eigenvalue weighted by atomic mass is 10.0. The van der Waals surface area contributed by atoms with Crippen molar-refractivity contribution in [1.82, 2.24) is 0 Å². The van der Waals surface area contributed by atoms with Gasteiger partial charge in [0.25, 0.3) is 11.8 Å². The Kier molecular flexibility index (Phi) is 5.71. The van der Waals surface area contributed by atoms with E-state index in [1.54, 1.807) is 37.4 Å². The predicted octanol–water partition coefficient (Wildman–Crippen LogP) is 5.31. The van der Waals surface area contributed by atoms with E-state index in [0.29, 0.717) is 22.6 Å². The number of nitrogens with one attached hydrogen (secondary N) is 1. The van der Waals surface area contributed by atoms with Gasteiger partial charge >= 0.3 is 0 Å². The maximum atomic E-state index is 13.8. The molecule has 2 amide bonds. The summed E-state index contributed by atoms with van der Waals surface area (Å²) in [5.74, 6) is -0.103. The Morgan fingerprint density at radius 3 is 2.26 bits per heavy atom. The molecule has 0 saturated heterocycles. The number of ether oxygens (including phenoxy) is 1. The Bertz CT molecular complexity index is 1470. The van der Waals surface area contributed by atoms with Gasteiger partial charge in [-0.2, -0.15) is 0 Å². The van der Waals surface area contributed by atoms with Crippen LogP contribution in [0.25, 0.3) is 16.3 Å². The zero-order valence-corrected chi connectivity index (χ0v) is 19.8. The quantitative estimate of drug-likeness (QED) is 0.393. The van der Waals surface area contributed by atoms with Crippen LogP contribution in [0, 0.1) is 0 Å². The second kappa shape index (κ2) is 8.99. The third-order valence-corrected chi connectivity index (χ3v) is 6.12. The molecule has 0 aliphatic carbocycles. The van der Waals surface area contributed by atoms with Crippen molar-refractivity contribution in [2.75, 3.05) is 36.3 Å². The molecule has 4 aromatic carbocycles. The van der Waals surface area contributed by atoms with Crippen LogP contribution in [0.15, 0.2) is 96.7 Å². The lowest BCUT2D eigenvalue weighted by Gasteiger charge is -2.19. The molecule has 0 aromatic heterocycles. The summed E-state index contributed by atoms with van der Waals surface area (Å²) >= 11 is 0. The highest BCUT2D eigenvalue weighted by atomic mass is 16.5. The molecular weight excluding hydrogens is 438 g/mol. The number of carbonyl (C=O) groups is 2. The number of carbonyl (C=O) groups excluding carboxylic acids is 2. The van der Waals surface area contributed by atoms with Gasteiger partial charge in [-0.05, 0) is 47.3 Å². The zero-order chi connectivity index (χ0) is 24.5. The number of benzene rings is 4. The van der Waals surface area contributed by atoms with E-state index in [-0.39, 0.29) is 11.6 Å². The van der Waals surface area contributed by atoms with Gasteiger partial charge in [-0.25, -0.2) is 4.90 Å². The number of imide groups is 1. The first-order chi connectivity index (χ1) is 17.0. The van der Waals surface area contributed by atoms with E-state index in [9.17, 15) is 9.59 Å². The van der Waals surface area contributed by atoms with Crippen molar-refractivity contribution in [1.29, 1.82) is 0 Å². The Morgan fingerprint density at radius 2 is 1.51 bits per heavy atom. The van der Waals surface area contributed by atoms with E-state index in [0.717, 1.165) is 22.1 Å². The summed E-state index contributed by atoms with van der Waals surface area (Å²) in [6.07, 6.45) is 0. The molecule has 1 heterocycles. The van der Waals surface area contributed by atoms with Gasteiger partial charge in [0.15, 0.2) is 0 Å². The van der Waals surface area contributed by atoms with E-state index >= 15 is 0 Å². The number of hydrogen-bond donors (Lipinski definition) is 1. The Hall–Kier alpha value is -4.58. The normalized spacial score (nSPS) is 13.5. The van der Waals surface area contributed by atoms with Crippen LogP contribution in [0.5, 0.6) is 5.75 Å². The topological polar surface area (TPSA) is 61.9 Å². The second-order valence-electron chi connectivity index (χ2n) is 8.49. The summed E-state index contributed by atoms with van der Waals surface area (Å²) in [5, 5.41) is 5.31. The molecule has 1 N–H and O–H groups in total. The smallest absolute Gasteiger partial charge is 0.282 e. The summed E-state index contributed by atoms with van der Waals surface area (Å²) in [7, 11) is 5.42. The average Bonchev–Trinajstić information content (AvgIpc) is 3.13. The maximum Gasteiger partial charge on any atom is 0.282 e. The zero-order valence-electron chi connectivity index (χ0n) is 19.8. The molecule has 6 heteroatoms. The second-order valence-corrected chi connectivity index (χ2v) is 8.49. The van der Waals surface area contributed by atoms with Crippen LogP contribution in [0.3, 0.4) is 0 Å². The fourth-order valence-corrected chi connectivity index (χ4v) is 4.29. The molecule has 5 rings (SSSR count). The van der Waals surface area contributed by atoms with Gasteiger partial charge < -0.3 is 15.0 Å². The van der Waals surface area contributed by atoms with E-state index in [1.807, 2.05) is 79.7 Å². The lowest BCUT2D eigenvalue weighted by molar-refractivity contribution is -0.120. The van der Waals surface area contributed by atoms with Crippen molar-refractivity contribution < 1.29 is 14.3 Å². The molecule has 1 aliphatic heterocycles. The molecule has 6 nitrogen and oxygen atoms in total. The van der Waals surface area contributed by atoms with E-state index in [2.05, 4.69) is 5.32 Å². The van der Waals surface area contributed by atoms with Gasteiger partial charge in [0, 0.05) is 30.9 Å². The van der Waals surface area contributed by atoms with Crippen LogP contribution in [-0.4, -0.2) is 33.0 Å². The highest BCUT2D eigenvalue weighted by molar-refractivity contribution is 6.46. The Labute approximate surface area is 204 Å². The van der Waals surface area contributed by atoms with E-state index in [1.165, 1.54) is 4.90 Å². The van der Waals surface area contributed by atoms with Gasteiger partial charge in [-0.3, -0.25) is 9.59 Å². The van der Waals surface area contributed by atoms with Crippen molar-refractivity contribution in [2.24, 2.45) is 0 Å². The van der Waals surface area contributed by atoms with Crippen molar-refractivity contribution in [2.45, 2.75) is 0 Å². The fraction of sp³-hybridized carbons (Fsp3) is 0.103. The van der Waals surface area contributed by atoms with Gasteiger partial charge in [0.1, 0.15) is 11.4 Å². The van der Waals surface area contributed by atoms with Crippen molar-refractivity contribution in [3.8, 4) is 5.75 Å². The molecule has 35 heavy (non-hydrogen) atoms. The monoisotopic (exact) mass is 463 g/mol. The highest BCUT2D eigenvalue weighted by Crippen LogP contribution is 2.36. The van der Waals surface area contributed by atoms with Gasteiger partial charge in [-0.15, -0.1) is 0 Å². The van der Waals surface area contributed by atoms with Crippen LogP contribution in [-0.2, 0) is 9.59 Å². The van der Waals surface area contributed by atoms with Crippen LogP contribution in [0.4, 0.5) is 17.1 Å². The van der Waals surface area contributed by atoms with Crippen LogP contribution < -0.4 is 19.9 Å². The molecule has 0 spiro atoms. The van der Waals surface area contributed by atoms with Crippen molar-refractivity contribution >= 4 is 45.2 Å². The summed E-state index contributed by atoms with van der Waals surface area (Å²) in [5.41, 5.74) is 3.37. The number of fused-ring (bicyclic) bond motifs is 1. The van der Waals surface area contributed by atoms with Gasteiger partial charge in [-0.1, -0.05) is 54.6 Å². The van der Waals surface area contributed by atoms with Crippen molar-refractivity contribution in [3.63, 3.8) is 0 Å². The van der Waals surface area contributed by atoms with Crippen molar-refractivity contribution in [3.05, 3.63) is 102 Å². The molecule has 4 aromatic rings. The molecule has 0 radical (unpaired) electrons. The van der Waals surface area contributed by atoms with Crippen LogP contribution in [0.1, 0.15) is 5.56 Å². The Morgan fingerprint density at radius 1 is 0.800 bits per heavy atom. The largest absolute Gasteiger partial charge is 0.497 e. The number of nitrogens with zero attached hydrogens (tertiary/aromatic N) is 2. The molecular formula is C29H25N3O3. The summed E-state index contributed by atoms with van der Waals surface area (Å²) < 4.78 is 5.28. The van der Waals surface area contributed by atoms with Crippen LogP contribution >= 0.6 is 0 Å². The Balaban J connectivity index is 1.64. The predicted molar refractivity (Wildman–Crippen MR) is 141 cm³/mol. The minimum Gasteiger partial charge on any atom is -0.497 e. The van der Waals surface area contributed by atoms with E-state index < -0.39 is 5.91 Å². The van der Waals surface area contributed by atoms with Gasteiger partial charge in [0.2, 0.25) is 0 Å². The number of anilines is 3. The molecule has 0 unspecified atom stereocenters. The molecule has 174 valence electrons. The standard InChI is InChI=1S/C29H25N3O3/c1-31(2)21-10-7-11-22(18-21)32-28(33)26(20-14-16-23(35-3)17-15-20)27(29(32)34)30-25-13-6-9-19-8-4-5-12-24(19)25/h4-18,30H,1-3H3. The number of amides is 2. The first-order valence-corrected chi connectivity index (χ1v) is 11.3. The molecule has 0 fully saturated rings. The summed E-state index contributed by atoms with van der Waals surface area (Å²) in [6, 6.07) is 28.3. The first-order valence-electron chi connectivity index (χ1n) is 11.3. The minimum absolute atomic E-state index is 0.242. The summed E-state index contributed by atoms with van der Waals surface area (Å²) in [6.45, 7) is 0. The fourth-order valence-electron chi connectivity index (χ4n) is 4.29. The number of hydrogen-bond acceptors (Lipinski definition) is 5. The third-order valence-electron chi connectivity index (χ3n) is 6.12. The number of methoxy groups -OCH3 is 1. The third kappa shape index (κ3) is 3.99. The summed E-state index contributed by atoms with van der Waals surface area (Å²) in [4.78, 5) is 30.7. The first kappa shape index (κ1) is 22.2. The average molecular weight is 464 g/mol. The molecule has 0 atom stereocenters. The van der Waals surface area contributed by atoms with Gasteiger partial charge in [0.05, 0.1) is 18.4 Å². The molecule has 1 aliphatic rings. The lowest BCUT2D eigenvalue weighted by Crippen LogP contribution is -2.32. The van der Waals surface area contributed by atoms with E-state index in [4.69, 9.17) is 4.74 Å². The molecule has 0 bridgehead atoms. The SMILES string of the molecule is COc1ccc(C2=C(Nc3cccc4ccccc34)C(=O)N(c3cccc(N(C)C)c3)C2=O)cc1. The minimum atomic E-state index is -0.398. The number of rotatable bonds is 6. The maximum absolute atomic E-state index is 13.8. The molecule has 0 saturated carbocycles.